The van der Waals surface area contributed by atoms with Crippen LogP contribution in [-0.2, 0) is 10.0 Å². The van der Waals surface area contributed by atoms with Crippen molar-refractivity contribution in [2.75, 3.05) is 39.0 Å². The van der Waals surface area contributed by atoms with Gasteiger partial charge in [0.15, 0.2) is 0 Å². The van der Waals surface area contributed by atoms with Gasteiger partial charge in [-0.05, 0) is 25.6 Å². The lowest BCUT2D eigenvalue weighted by atomic mass is 10.1. The summed E-state index contributed by atoms with van der Waals surface area (Å²) in [5, 5.41) is 2.85. The van der Waals surface area contributed by atoms with Gasteiger partial charge in [0.25, 0.3) is 0 Å². The van der Waals surface area contributed by atoms with Crippen LogP contribution in [0.2, 0.25) is 0 Å². The molecule has 1 aliphatic heterocycles. The number of nitrogens with one attached hydrogen (secondary N) is 1. The van der Waals surface area contributed by atoms with Gasteiger partial charge in [0, 0.05) is 38.9 Å². The van der Waals surface area contributed by atoms with Crippen molar-refractivity contribution >= 4 is 15.8 Å². The molecule has 1 saturated heterocycles. The van der Waals surface area contributed by atoms with Gasteiger partial charge in [-0.3, -0.25) is 0 Å². The number of aromatic nitrogens is 1. The number of piperazine rings is 1. The van der Waals surface area contributed by atoms with E-state index in [2.05, 4.69) is 22.1 Å². The summed E-state index contributed by atoms with van der Waals surface area (Å²) in [5.41, 5.74) is 0. The van der Waals surface area contributed by atoms with Gasteiger partial charge in [-0.1, -0.05) is 6.92 Å². The Kier molecular flexibility index (Phi) is 4.62. The standard InChI is InChI=1S/C13H22N4O2S/c1-4-11-10-17(9-8-16(11)3)20(18,19)12-6-5-7-15-13(12)14-2/h5-7,11H,4,8-10H2,1-3H3,(H,14,15). The molecule has 112 valence electrons. The van der Waals surface area contributed by atoms with E-state index in [1.165, 1.54) is 0 Å². The third-order valence-corrected chi connectivity index (χ3v) is 5.73. The van der Waals surface area contributed by atoms with E-state index >= 15 is 0 Å². The molecule has 6 nitrogen and oxygen atoms in total. The van der Waals surface area contributed by atoms with Crippen molar-refractivity contribution in [3.63, 3.8) is 0 Å². The minimum absolute atomic E-state index is 0.252. The Balaban J connectivity index is 2.31. The largest absolute Gasteiger partial charge is 0.372 e. The Morgan fingerprint density at radius 2 is 2.20 bits per heavy atom. The SMILES string of the molecule is CCC1CN(S(=O)(=O)c2cccnc2NC)CCN1C. The third-order valence-electron chi connectivity index (χ3n) is 3.84. The normalized spacial score (nSPS) is 21.9. The quantitative estimate of drug-likeness (QED) is 0.892. The molecule has 0 bridgehead atoms. The van der Waals surface area contributed by atoms with E-state index in [0.29, 0.717) is 18.9 Å². The van der Waals surface area contributed by atoms with Gasteiger partial charge < -0.3 is 10.2 Å². The zero-order chi connectivity index (χ0) is 14.8. The molecule has 0 saturated carbocycles. The highest BCUT2D eigenvalue weighted by Crippen LogP contribution is 2.24. The number of rotatable bonds is 4. The smallest absolute Gasteiger partial charge is 0.246 e. The van der Waals surface area contributed by atoms with Crippen molar-refractivity contribution < 1.29 is 8.42 Å². The number of hydrogen-bond donors (Lipinski definition) is 1. The second-order valence-electron chi connectivity index (χ2n) is 5.01. The molecule has 0 spiro atoms. The second-order valence-corrected chi connectivity index (χ2v) is 6.91. The average molecular weight is 298 g/mol. The molecule has 0 amide bonds. The van der Waals surface area contributed by atoms with Crippen molar-refractivity contribution in [2.24, 2.45) is 0 Å². The van der Waals surface area contributed by atoms with Gasteiger partial charge in [-0.2, -0.15) is 4.31 Å². The van der Waals surface area contributed by atoms with Crippen molar-refractivity contribution in [3.05, 3.63) is 18.3 Å². The Hall–Kier alpha value is -1.18. The minimum Gasteiger partial charge on any atom is -0.372 e. The molecular weight excluding hydrogens is 276 g/mol. The summed E-state index contributed by atoms with van der Waals surface area (Å²) in [4.78, 5) is 6.55. The van der Waals surface area contributed by atoms with Crippen LogP contribution in [0.3, 0.4) is 0 Å². The summed E-state index contributed by atoms with van der Waals surface area (Å²) >= 11 is 0. The number of sulfonamides is 1. The van der Waals surface area contributed by atoms with Gasteiger partial charge in [-0.25, -0.2) is 13.4 Å². The van der Waals surface area contributed by atoms with Crippen LogP contribution in [-0.4, -0.2) is 62.4 Å². The van der Waals surface area contributed by atoms with Gasteiger partial charge in [0.2, 0.25) is 10.0 Å². The molecule has 1 atom stereocenters. The Morgan fingerprint density at radius 1 is 1.45 bits per heavy atom. The Bertz CT molecular complexity index is 561. The van der Waals surface area contributed by atoms with Gasteiger partial charge in [0.05, 0.1) is 0 Å². The molecule has 0 aromatic carbocycles. The van der Waals surface area contributed by atoms with E-state index in [9.17, 15) is 8.42 Å². The summed E-state index contributed by atoms with van der Waals surface area (Å²) in [6, 6.07) is 3.53. The lowest BCUT2D eigenvalue weighted by molar-refractivity contribution is 0.144. The number of nitrogens with zero attached hydrogens (tertiary/aromatic N) is 3. The Morgan fingerprint density at radius 3 is 2.85 bits per heavy atom. The van der Waals surface area contributed by atoms with Gasteiger partial charge >= 0.3 is 0 Å². The summed E-state index contributed by atoms with van der Waals surface area (Å²) in [5.74, 6) is 0.402. The maximum Gasteiger partial charge on any atom is 0.246 e. The third kappa shape index (κ3) is 2.79. The fourth-order valence-corrected chi connectivity index (χ4v) is 4.12. The molecule has 0 aliphatic carbocycles. The maximum absolute atomic E-state index is 12.8. The molecule has 2 rings (SSSR count). The molecule has 0 radical (unpaired) electrons. The number of pyridine rings is 1. The van der Waals surface area contributed by atoms with Gasteiger partial charge in [-0.15, -0.1) is 0 Å². The summed E-state index contributed by atoms with van der Waals surface area (Å²) < 4.78 is 27.1. The molecule has 1 fully saturated rings. The predicted molar refractivity (Wildman–Crippen MR) is 79.3 cm³/mol. The highest BCUT2D eigenvalue weighted by atomic mass is 32.2. The minimum atomic E-state index is -3.49. The molecule has 20 heavy (non-hydrogen) atoms. The summed E-state index contributed by atoms with van der Waals surface area (Å²) in [6.45, 7) is 3.90. The number of anilines is 1. The molecule has 1 aromatic heterocycles. The van der Waals surface area contributed by atoms with E-state index in [-0.39, 0.29) is 10.9 Å². The lowest BCUT2D eigenvalue weighted by Gasteiger charge is -2.38. The van der Waals surface area contributed by atoms with Crippen LogP contribution >= 0.6 is 0 Å². The van der Waals surface area contributed by atoms with Crippen molar-refractivity contribution in [1.29, 1.82) is 0 Å². The van der Waals surface area contributed by atoms with E-state index < -0.39 is 10.0 Å². The zero-order valence-corrected chi connectivity index (χ0v) is 13.0. The van der Waals surface area contributed by atoms with Crippen LogP contribution in [0.15, 0.2) is 23.2 Å². The van der Waals surface area contributed by atoms with Crippen LogP contribution in [0, 0.1) is 0 Å². The monoisotopic (exact) mass is 298 g/mol. The zero-order valence-electron chi connectivity index (χ0n) is 12.2. The van der Waals surface area contributed by atoms with Crippen LogP contribution in [0.5, 0.6) is 0 Å². The van der Waals surface area contributed by atoms with Crippen LogP contribution in [0.1, 0.15) is 13.3 Å². The average Bonchev–Trinajstić information content (AvgIpc) is 2.47. The molecule has 2 heterocycles. The van der Waals surface area contributed by atoms with E-state index in [1.807, 2.05) is 7.05 Å². The first-order chi connectivity index (χ1) is 9.50. The Labute approximate surface area is 120 Å². The maximum atomic E-state index is 12.8. The van der Waals surface area contributed by atoms with Crippen molar-refractivity contribution in [3.8, 4) is 0 Å². The van der Waals surface area contributed by atoms with Crippen molar-refractivity contribution in [2.45, 2.75) is 24.3 Å². The van der Waals surface area contributed by atoms with Gasteiger partial charge in [0.1, 0.15) is 10.7 Å². The fourth-order valence-electron chi connectivity index (χ4n) is 2.50. The molecule has 1 aliphatic rings. The number of likely N-dealkylation sites (N-methyl/N-ethyl adjacent to an activating group) is 1. The topological polar surface area (TPSA) is 65.5 Å². The number of hydrogen-bond acceptors (Lipinski definition) is 5. The molecule has 1 aromatic rings. The van der Waals surface area contributed by atoms with Crippen LogP contribution in [0.25, 0.3) is 0 Å². The highest BCUT2D eigenvalue weighted by molar-refractivity contribution is 7.89. The second kappa shape index (κ2) is 6.07. The lowest BCUT2D eigenvalue weighted by Crippen LogP contribution is -2.52. The summed E-state index contributed by atoms with van der Waals surface area (Å²) in [7, 11) is 0.234. The molecule has 1 N–H and O–H groups in total. The van der Waals surface area contributed by atoms with E-state index in [4.69, 9.17) is 0 Å². The first-order valence-corrected chi connectivity index (χ1v) is 8.27. The molecular formula is C13H22N4O2S. The van der Waals surface area contributed by atoms with Crippen molar-refractivity contribution in [1.82, 2.24) is 14.2 Å². The van der Waals surface area contributed by atoms with E-state index in [0.717, 1.165) is 13.0 Å². The van der Waals surface area contributed by atoms with Crippen LogP contribution in [0.4, 0.5) is 5.82 Å². The predicted octanol–water partition coefficient (Wildman–Crippen LogP) is 0.838. The first-order valence-electron chi connectivity index (χ1n) is 6.83. The summed E-state index contributed by atoms with van der Waals surface area (Å²) in [6.07, 6.45) is 2.53. The van der Waals surface area contributed by atoms with E-state index in [1.54, 1.807) is 29.7 Å². The van der Waals surface area contributed by atoms with Crippen LogP contribution < -0.4 is 5.32 Å². The molecule has 7 heteroatoms. The fraction of sp³-hybridized carbons (Fsp3) is 0.615. The molecule has 1 unspecified atom stereocenters. The highest BCUT2D eigenvalue weighted by Gasteiger charge is 2.33. The first kappa shape index (κ1) is 15.2.